The van der Waals surface area contributed by atoms with Gasteiger partial charge in [-0.15, -0.1) is 0 Å². The largest absolute Gasteiger partial charge is 0.396 e. The van der Waals surface area contributed by atoms with E-state index < -0.39 is 0 Å². The minimum Gasteiger partial charge on any atom is -0.396 e. The summed E-state index contributed by atoms with van der Waals surface area (Å²) in [5.41, 5.74) is 2.96. The van der Waals surface area contributed by atoms with Crippen molar-refractivity contribution in [1.82, 2.24) is 19.8 Å². The summed E-state index contributed by atoms with van der Waals surface area (Å²) in [6.07, 6.45) is 7.34. The lowest BCUT2D eigenvalue weighted by molar-refractivity contribution is 0.0951. The van der Waals surface area contributed by atoms with E-state index >= 15 is 0 Å². The second kappa shape index (κ2) is 12.1. The second-order valence-electron chi connectivity index (χ2n) is 11.1. The number of amides is 1. The van der Waals surface area contributed by atoms with Gasteiger partial charge in [0.25, 0.3) is 11.5 Å². The number of nitrogens with zero attached hydrogens (tertiary/aromatic N) is 3. The number of nitrogens with one attached hydrogen (secondary N) is 2. The normalized spacial score (nSPS) is 17.9. The van der Waals surface area contributed by atoms with Gasteiger partial charge in [-0.3, -0.25) is 14.2 Å². The molecule has 2 atom stereocenters. The number of rotatable bonds is 10. The van der Waals surface area contributed by atoms with Crippen LogP contribution in [0.1, 0.15) is 60.1 Å². The van der Waals surface area contributed by atoms with E-state index in [0.29, 0.717) is 17.2 Å². The molecule has 2 aromatic carbocycles. The highest BCUT2D eigenvalue weighted by Gasteiger charge is 2.27. The monoisotopic (exact) mass is 529 g/mol. The highest BCUT2D eigenvalue weighted by molar-refractivity contribution is 5.95. The highest BCUT2D eigenvalue weighted by Crippen LogP contribution is 2.28. The first kappa shape index (κ1) is 27.1. The van der Waals surface area contributed by atoms with Crippen molar-refractivity contribution < 1.29 is 9.90 Å². The maximum atomic E-state index is 13.7. The number of hydrogen-bond acceptors (Lipinski definition) is 6. The first-order chi connectivity index (χ1) is 18.9. The fraction of sp³-hybridized carbons (Fsp3) is 0.452. The first-order valence-corrected chi connectivity index (χ1v) is 14.1. The molecule has 0 radical (unpaired) electrons. The number of hydrogen-bond donors (Lipinski definition) is 3. The van der Waals surface area contributed by atoms with E-state index in [-0.39, 0.29) is 41.9 Å². The van der Waals surface area contributed by atoms with Crippen molar-refractivity contribution in [2.24, 2.45) is 11.8 Å². The third kappa shape index (κ3) is 6.57. The zero-order valence-corrected chi connectivity index (χ0v) is 22.8. The van der Waals surface area contributed by atoms with Gasteiger partial charge in [0.05, 0.1) is 11.7 Å². The molecule has 0 bridgehead atoms. The van der Waals surface area contributed by atoms with Gasteiger partial charge in [0.2, 0.25) is 0 Å². The third-order valence-corrected chi connectivity index (χ3v) is 8.02. The molecule has 1 aliphatic heterocycles. The van der Waals surface area contributed by atoms with Crippen molar-refractivity contribution in [2.75, 3.05) is 31.6 Å². The number of aryl methyl sites for hydroxylation is 1. The third-order valence-electron chi connectivity index (χ3n) is 8.02. The topological polar surface area (TPSA) is 99.5 Å². The lowest BCUT2D eigenvalue weighted by atomic mass is 9.92. The van der Waals surface area contributed by atoms with Crippen LogP contribution in [-0.2, 0) is 0 Å². The smallest absolute Gasteiger partial charge is 0.297 e. The predicted molar refractivity (Wildman–Crippen MR) is 153 cm³/mol. The van der Waals surface area contributed by atoms with Crippen molar-refractivity contribution >= 4 is 11.7 Å². The standard InChI is InChI=1S/C31H39N5O3/c1-21-8-9-25(30(38)33-26-10-11-26)18-27(21)36-17-14-32-29(31(36)39)34-28(24-6-4-3-5-7-24)22(2)19-35-15-12-23(20-37)13-16-35/h3-9,14,17-18,22-23,26,28,37H,10-13,15-16,19-20H2,1-2H3,(H,32,34)(H,33,38)/t22-,28-/m1/s1. The maximum absolute atomic E-state index is 13.7. The van der Waals surface area contributed by atoms with Crippen LogP contribution in [0, 0.1) is 18.8 Å². The lowest BCUT2D eigenvalue weighted by Crippen LogP contribution is -2.40. The summed E-state index contributed by atoms with van der Waals surface area (Å²) in [5.74, 6) is 0.766. The fourth-order valence-electron chi connectivity index (χ4n) is 5.43. The van der Waals surface area contributed by atoms with Gasteiger partial charge in [-0.1, -0.05) is 43.3 Å². The van der Waals surface area contributed by atoms with E-state index in [4.69, 9.17) is 0 Å². The Balaban J connectivity index is 1.40. The van der Waals surface area contributed by atoms with Crippen LogP contribution in [0.3, 0.4) is 0 Å². The van der Waals surface area contributed by atoms with Gasteiger partial charge in [-0.25, -0.2) is 4.98 Å². The highest BCUT2D eigenvalue weighted by atomic mass is 16.3. The zero-order valence-electron chi connectivity index (χ0n) is 22.8. The van der Waals surface area contributed by atoms with Gasteiger partial charge in [0, 0.05) is 37.2 Å². The molecule has 8 nitrogen and oxygen atoms in total. The van der Waals surface area contributed by atoms with Crippen molar-refractivity contribution in [3.8, 4) is 5.69 Å². The van der Waals surface area contributed by atoms with Crippen LogP contribution in [0.2, 0.25) is 0 Å². The van der Waals surface area contributed by atoms with Crippen molar-refractivity contribution in [1.29, 1.82) is 0 Å². The summed E-state index contributed by atoms with van der Waals surface area (Å²) in [7, 11) is 0. The molecule has 2 fully saturated rings. The summed E-state index contributed by atoms with van der Waals surface area (Å²) in [6.45, 7) is 7.22. The molecule has 0 spiro atoms. The number of benzene rings is 2. The number of anilines is 1. The van der Waals surface area contributed by atoms with Crippen LogP contribution >= 0.6 is 0 Å². The Morgan fingerprint density at radius 1 is 1.10 bits per heavy atom. The van der Waals surface area contributed by atoms with Crippen LogP contribution < -0.4 is 16.2 Å². The van der Waals surface area contributed by atoms with E-state index in [1.54, 1.807) is 29.1 Å². The number of aliphatic hydroxyl groups is 1. The number of piperidine rings is 1. The van der Waals surface area contributed by atoms with Crippen molar-refractivity contribution in [3.05, 3.63) is 88.0 Å². The molecule has 1 saturated heterocycles. The molecule has 206 valence electrons. The van der Waals surface area contributed by atoms with E-state index in [1.165, 1.54) is 0 Å². The molecule has 3 aromatic rings. The number of carbonyl (C=O) groups excluding carboxylic acids is 1. The SMILES string of the molecule is Cc1ccc(C(=O)NC2CC2)cc1-n1ccnc(N[C@@H](c2ccccc2)[C@H](C)CN2CCC(CO)CC2)c1=O. The van der Waals surface area contributed by atoms with E-state index in [2.05, 4.69) is 39.6 Å². The lowest BCUT2D eigenvalue weighted by Gasteiger charge is -2.35. The molecular weight excluding hydrogens is 490 g/mol. The molecule has 8 heteroatoms. The number of aliphatic hydroxyl groups excluding tert-OH is 1. The van der Waals surface area contributed by atoms with Crippen LogP contribution in [-0.4, -0.2) is 57.7 Å². The minimum absolute atomic E-state index is 0.111. The van der Waals surface area contributed by atoms with Gasteiger partial charge in [-0.2, -0.15) is 0 Å². The molecule has 3 N–H and O–H groups in total. The fourth-order valence-corrected chi connectivity index (χ4v) is 5.43. The molecule has 39 heavy (non-hydrogen) atoms. The van der Waals surface area contributed by atoms with Crippen LogP contribution in [0.4, 0.5) is 5.82 Å². The maximum Gasteiger partial charge on any atom is 0.297 e. The molecule has 2 aliphatic rings. The van der Waals surface area contributed by atoms with Crippen molar-refractivity contribution in [2.45, 2.75) is 51.6 Å². The summed E-state index contributed by atoms with van der Waals surface area (Å²) < 4.78 is 1.57. The quantitative estimate of drug-likeness (QED) is 0.368. The molecule has 2 heterocycles. The van der Waals surface area contributed by atoms with E-state index in [0.717, 1.165) is 56.4 Å². The Kier molecular flexibility index (Phi) is 8.43. The molecule has 1 aliphatic carbocycles. The first-order valence-electron chi connectivity index (χ1n) is 14.1. The molecule has 1 amide bonds. The summed E-state index contributed by atoms with van der Waals surface area (Å²) in [5, 5.41) is 16.0. The Morgan fingerprint density at radius 2 is 1.85 bits per heavy atom. The average Bonchev–Trinajstić information content (AvgIpc) is 3.77. The Hall–Kier alpha value is -3.49. The van der Waals surface area contributed by atoms with Crippen LogP contribution in [0.15, 0.2) is 65.7 Å². The van der Waals surface area contributed by atoms with Gasteiger partial charge in [0.15, 0.2) is 5.82 Å². The van der Waals surface area contributed by atoms with Crippen LogP contribution in [0.5, 0.6) is 0 Å². The van der Waals surface area contributed by atoms with Crippen LogP contribution in [0.25, 0.3) is 5.69 Å². The molecule has 5 rings (SSSR count). The Bertz CT molecular complexity index is 1330. The van der Waals surface area contributed by atoms with Gasteiger partial charge < -0.3 is 20.6 Å². The summed E-state index contributed by atoms with van der Waals surface area (Å²) in [4.78, 5) is 33.3. The van der Waals surface area contributed by atoms with Gasteiger partial charge in [-0.05, 0) is 80.8 Å². The number of likely N-dealkylation sites (tertiary alicyclic amines) is 1. The number of aromatic nitrogens is 2. The van der Waals surface area contributed by atoms with E-state index in [9.17, 15) is 14.7 Å². The average molecular weight is 530 g/mol. The molecule has 1 saturated carbocycles. The summed E-state index contributed by atoms with van der Waals surface area (Å²) >= 11 is 0. The zero-order chi connectivity index (χ0) is 27.4. The van der Waals surface area contributed by atoms with Gasteiger partial charge in [0.1, 0.15) is 0 Å². The summed E-state index contributed by atoms with van der Waals surface area (Å²) in [6, 6.07) is 15.8. The predicted octanol–water partition coefficient (Wildman–Crippen LogP) is 3.93. The molecule has 0 unspecified atom stereocenters. The molecular formula is C31H39N5O3. The van der Waals surface area contributed by atoms with E-state index in [1.807, 2.05) is 31.2 Å². The Morgan fingerprint density at radius 3 is 2.54 bits per heavy atom. The second-order valence-corrected chi connectivity index (χ2v) is 11.1. The molecule has 1 aromatic heterocycles. The van der Waals surface area contributed by atoms with Gasteiger partial charge >= 0.3 is 0 Å². The van der Waals surface area contributed by atoms with Crippen molar-refractivity contribution in [3.63, 3.8) is 0 Å². The number of carbonyl (C=O) groups is 1. The minimum atomic E-state index is -0.253. The Labute approximate surface area is 230 Å².